The average molecular weight is 447 g/mol. The molecule has 0 fully saturated rings. The molecule has 0 spiro atoms. The molecule has 2 heterocycles. The van der Waals surface area contributed by atoms with Gasteiger partial charge in [0.15, 0.2) is 0 Å². The molecule has 0 saturated carbocycles. The van der Waals surface area contributed by atoms with Crippen LogP contribution >= 0.6 is 0 Å². The van der Waals surface area contributed by atoms with Crippen LogP contribution in [0.1, 0.15) is 51.7 Å². The van der Waals surface area contributed by atoms with Gasteiger partial charge in [0.25, 0.3) is 5.91 Å². The number of ether oxygens (including phenoxy) is 1. The second-order valence-electron chi connectivity index (χ2n) is 9.95. The van der Waals surface area contributed by atoms with Crippen molar-refractivity contribution in [3.05, 3.63) is 82.0 Å². The van der Waals surface area contributed by atoms with Crippen molar-refractivity contribution in [2.75, 3.05) is 19.6 Å². The number of hydrogen-bond donors (Lipinski definition) is 0. The number of rotatable bonds is 4. The first-order chi connectivity index (χ1) is 15.7. The maximum Gasteiger partial charge on any atom is 0.410 e. The van der Waals surface area contributed by atoms with E-state index in [4.69, 9.17) is 4.74 Å². The van der Waals surface area contributed by atoms with Crippen LogP contribution in [0.4, 0.5) is 4.79 Å². The van der Waals surface area contributed by atoms with Crippen molar-refractivity contribution in [2.24, 2.45) is 0 Å². The summed E-state index contributed by atoms with van der Waals surface area (Å²) in [5.41, 5.74) is 6.36. The monoisotopic (exact) mass is 446 g/mol. The highest BCUT2D eigenvalue weighted by atomic mass is 16.6. The van der Waals surface area contributed by atoms with Crippen LogP contribution in [0.15, 0.2) is 70.9 Å². The number of hydrogen-bond acceptors (Lipinski definition) is 3. The fourth-order valence-electron chi connectivity index (χ4n) is 4.44. The van der Waals surface area contributed by atoms with Crippen LogP contribution in [-0.4, -0.2) is 47.0 Å². The summed E-state index contributed by atoms with van der Waals surface area (Å²) in [5, 5.41) is 0. The highest BCUT2D eigenvalue weighted by Gasteiger charge is 2.30. The smallest absolute Gasteiger partial charge is 0.410 e. The van der Waals surface area contributed by atoms with Crippen LogP contribution in [0.3, 0.4) is 0 Å². The predicted molar refractivity (Wildman–Crippen MR) is 131 cm³/mol. The zero-order valence-corrected chi connectivity index (χ0v) is 20.2. The van der Waals surface area contributed by atoms with Gasteiger partial charge < -0.3 is 14.5 Å². The zero-order chi connectivity index (χ0) is 23.6. The molecule has 0 saturated heterocycles. The Balaban J connectivity index is 1.44. The molecule has 174 valence electrons. The SMILES string of the molecule is CCc1ccc(CN2CC3=C(CC=CC(C4=CCN(C(=O)OC(C)(C)C)CC4)=C3)C2=O)cc1. The average Bonchev–Trinajstić information content (AvgIpc) is 2.94. The number of nitrogens with zero attached hydrogens (tertiary/aromatic N) is 2. The van der Waals surface area contributed by atoms with Gasteiger partial charge in [-0.3, -0.25) is 4.79 Å². The summed E-state index contributed by atoms with van der Waals surface area (Å²) in [6.07, 6.45) is 10.7. The first kappa shape index (κ1) is 23.1. The molecule has 3 aliphatic rings. The Hall–Kier alpha value is -3.08. The Morgan fingerprint density at radius 1 is 1.12 bits per heavy atom. The highest BCUT2D eigenvalue weighted by Crippen LogP contribution is 2.31. The maximum absolute atomic E-state index is 13.1. The third-order valence-electron chi connectivity index (χ3n) is 6.28. The van der Waals surface area contributed by atoms with Gasteiger partial charge in [0.05, 0.1) is 0 Å². The molecule has 0 radical (unpaired) electrons. The minimum absolute atomic E-state index is 0.139. The van der Waals surface area contributed by atoms with Gasteiger partial charge in [0, 0.05) is 31.8 Å². The van der Waals surface area contributed by atoms with Gasteiger partial charge in [-0.15, -0.1) is 0 Å². The molecule has 0 aromatic heterocycles. The quantitative estimate of drug-likeness (QED) is 0.627. The van der Waals surface area contributed by atoms with E-state index in [1.54, 1.807) is 4.90 Å². The summed E-state index contributed by atoms with van der Waals surface area (Å²) >= 11 is 0. The van der Waals surface area contributed by atoms with E-state index in [-0.39, 0.29) is 12.0 Å². The molecule has 0 N–H and O–H groups in total. The minimum atomic E-state index is -0.491. The van der Waals surface area contributed by atoms with Crippen molar-refractivity contribution in [3.8, 4) is 0 Å². The van der Waals surface area contributed by atoms with E-state index in [0.717, 1.165) is 35.1 Å². The van der Waals surface area contributed by atoms with Gasteiger partial charge in [-0.05, 0) is 74.0 Å². The lowest BCUT2D eigenvalue weighted by atomic mass is 9.97. The lowest BCUT2D eigenvalue weighted by Crippen LogP contribution is -2.39. The van der Waals surface area contributed by atoms with E-state index in [1.165, 1.54) is 11.1 Å². The van der Waals surface area contributed by atoms with Crippen LogP contribution < -0.4 is 0 Å². The Bertz CT molecular complexity index is 1050. The largest absolute Gasteiger partial charge is 0.444 e. The molecule has 4 rings (SSSR count). The summed E-state index contributed by atoms with van der Waals surface area (Å²) in [6.45, 7) is 10.3. The van der Waals surface area contributed by atoms with Crippen LogP contribution in [0.25, 0.3) is 0 Å². The van der Waals surface area contributed by atoms with Crippen LogP contribution in [0, 0.1) is 0 Å². The molecule has 1 aliphatic carbocycles. The van der Waals surface area contributed by atoms with Crippen molar-refractivity contribution < 1.29 is 14.3 Å². The topological polar surface area (TPSA) is 49.9 Å². The van der Waals surface area contributed by atoms with E-state index < -0.39 is 5.60 Å². The lowest BCUT2D eigenvalue weighted by molar-refractivity contribution is -0.126. The van der Waals surface area contributed by atoms with Crippen molar-refractivity contribution in [1.82, 2.24) is 9.80 Å². The number of allylic oxidation sites excluding steroid dienone is 3. The summed E-state index contributed by atoms with van der Waals surface area (Å²) in [6, 6.07) is 8.54. The van der Waals surface area contributed by atoms with Gasteiger partial charge in [0.1, 0.15) is 5.60 Å². The summed E-state index contributed by atoms with van der Waals surface area (Å²) in [5.74, 6) is 0.139. The van der Waals surface area contributed by atoms with Gasteiger partial charge in [-0.1, -0.05) is 49.4 Å². The number of amides is 2. The van der Waals surface area contributed by atoms with E-state index in [9.17, 15) is 9.59 Å². The normalized spacial score (nSPS) is 18.7. The molecular weight excluding hydrogens is 412 g/mol. The second kappa shape index (κ2) is 9.42. The Labute approximate surface area is 197 Å². The molecule has 0 unspecified atom stereocenters. The van der Waals surface area contributed by atoms with Gasteiger partial charge in [0.2, 0.25) is 0 Å². The molecule has 2 aliphatic heterocycles. The number of carbonyl (C=O) groups excluding carboxylic acids is 2. The summed E-state index contributed by atoms with van der Waals surface area (Å²) < 4.78 is 5.50. The highest BCUT2D eigenvalue weighted by molar-refractivity contribution is 5.98. The molecule has 2 amide bonds. The lowest BCUT2D eigenvalue weighted by Gasteiger charge is -2.29. The molecule has 5 nitrogen and oxygen atoms in total. The van der Waals surface area contributed by atoms with Crippen molar-refractivity contribution >= 4 is 12.0 Å². The maximum atomic E-state index is 13.1. The second-order valence-corrected chi connectivity index (χ2v) is 9.95. The Morgan fingerprint density at radius 3 is 2.48 bits per heavy atom. The van der Waals surface area contributed by atoms with Gasteiger partial charge in [-0.2, -0.15) is 0 Å². The molecule has 1 aromatic carbocycles. The van der Waals surface area contributed by atoms with Gasteiger partial charge >= 0.3 is 6.09 Å². The standard InChI is InChI=1S/C28H34N2O3/c1-5-20-9-11-21(12-10-20)18-30-19-24-17-23(7-6-8-25(24)26(30)31)22-13-15-29(16-14-22)27(32)33-28(2,3)4/h6-7,9-13,17H,5,8,14-16,18-19H2,1-4H3. The fraction of sp³-hybridized carbons (Fsp3) is 0.429. The molecule has 33 heavy (non-hydrogen) atoms. The van der Waals surface area contributed by atoms with E-state index in [2.05, 4.69) is 55.5 Å². The van der Waals surface area contributed by atoms with Crippen LogP contribution in [-0.2, 0) is 22.5 Å². The molecular formula is C28H34N2O3. The third kappa shape index (κ3) is 5.47. The van der Waals surface area contributed by atoms with Crippen LogP contribution in [0.5, 0.6) is 0 Å². The molecule has 0 bridgehead atoms. The van der Waals surface area contributed by atoms with Crippen molar-refractivity contribution in [2.45, 2.75) is 59.1 Å². The van der Waals surface area contributed by atoms with Gasteiger partial charge in [-0.25, -0.2) is 4.79 Å². The number of benzene rings is 1. The Morgan fingerprint density at radius 2 is 1.85 bits per heavy atom. The molecule has 0 atom stereocenters. The molecule has 1 aromatic rings. The Kier molecular flexibility index (Phi) is 6.59. The van der Waals surface area contributed by atoms with Crippen LogP contribution in [0.2, 0.25) is 0 Å². The predicted octanol–water partition coefficient (Wildman–Crippen LogP) is 5.34. The first-order valence-corrected chi connectivity index (χ1v) is 11.9. The van der Waals surface area contributed by atoms with E-state index in [1.807, 2.05) is 25.7 Å². The third-order valence-corrected chi connectivity index (χ3v) is 6.28. The minimum Gasteiger partial charge on any atom is -0.444 e. The van der Waals surface area contributed by atoms with E-state index >= 15 is 0 Å². The molecule has 5 heteroatoms. The van der Waals surface area contributed by atoms with E-state index in [0.29, 0.717) is 32.6 Å². The zero-order valence-electron chi connectivity index (χ0n) is 20.2. The number of aryl methyl sites for hydroxylation is 1. The number of carbonyl (C=O) groups is 2. The van der Waals surface area contributed by atoms with Crippen molar-refractivity contribution in [3.63, 3.8) is 0 Å². The summed E-state index contributed by atoms with van der Waals surface area (Å²) in [4.78, 5) is 29.1. The van der Waals surface area contributed by atoms with Crippen molar-refractivity contribution in [1.29, 1.82) is 0 Å². The first-order valence-electron chi connectivity index (χ1n) is 11.9. The fourth-order valence-corrected chi connectivity index (χ4v) is 4.44. The summed E-state index contributed by atoms with van der Waals surface area (Å²) in [7, 11) is 0.